The minimum absolute atomic E-state index is 0.0456. The molecule has 0 aliphatic rings. The van der Waals surface area contributed by atoms with Crippen molar-refractivity contribution in [1.82, 2.24) is 0 Å². The number of carboxylic acids is 2. The lowest BCUT2D eigenvalue weighted by atomic mass is 10.1. The molecule has 0 rings (SSSR count). The smallest absolute Gasteiger partial charge is 0.320 e. The first-order chi connectivity index (χ1) is 9.11. The van der Waals surface area contributed by atoms with Crippen LogP contribution in [-0.4, -0.2) is 47.3 Å². The van der Waals surface area contributed by atoms with Crippen LogP contribution < -0.4 is 11.5 Å². The van der Waals surface area contributed by atoms with E-state index < -0.39 is 30.0 Å². The number of hydrogen-bond acceptors (Lipinski definition) is 6. The van der Waals surface area contributed by atoms with Crippen LogP contribution in [0.15, 0.2) is 0 Å². The third-order valence-corrected chi connectivity index (χ3v) is 2.25. The van der Waals surface area contributed by atoms with Gasteiger partial charge in [0.1, 0.15) is 12.1 Å². The third kappa shape index (κ3) is 12.8. The minimum atomic E-state index is -1.10. The number of esters is 1. The Morgan fingerprint density at radius 1 is 1.05 bits per heavy atom. The molecule has 0 aliphatic carbocycles. The molecule has 20 heavy (non-hydrogen) atoms. The molecule has 0 amide bonds. The summed E-state index contributed by atoms with van der Waals surface area (Å²) < 4.78 is 4.29. The van der Waals surface area contributed by atoms with E-state index in [0.717, 1.165) is 0 Å². The number of carboxylic acid groups (broad SMARTS) is 2. The van der Waals surface area contributed by atoms with Crippen molar-refractivity contribution in [3.05, 3.63) is 0 Å². The van der Waals surface area contributed by atoms with E-state index in [2.05, 4.69) is 4.74 Å². The summed E-state index contributed by atoms with van der Waals surface area (Å²) in [5, 5.41) is 16.6. The predicted molar refractivity (Wildman–Crippen MR) is 71.9 cm³/mol. The fourth-order valence-corrected chi connectivity index (χ4v) is 1.11. The maximum atomic E-state index is 10.5. The van der Waals surface area contributed by atoms with Crippen molar-refractivity contribution in [2.24, 2.45) is 17.4 Å². The Morgan fingerprint density at radius 2 is 1.50 bits per heavy atom. The lowest BCUT2D eigenvalue weighted by molar-refractivity contribution is -0.142. The molecular formula is C12H24N2O6. The number of carbonyl (C=O) groups is 3. The van der Waals surface area contributed by atoms with Crippen molar-refractivity contribution >= 4 is 17.9 Å². The van der Waals surface area contributed by atoms with Gasteiger partial charge in [-0.05, 0) is 18.8 Å². The largest absolute Gasteiger partial charge is 0.480 e. The van der Waals surface area contributed by atoms with E-state index in [1.165, 1.54) is 7.11 Å². The Morgan fingerprint density at radius 3 is 1.75 bits per heavy atom. The molecule has 6 N–H and O–H groups in total. The van der Waals surface area contributed by atoms with Crippen LogP contribution in [0.2, 0.25) is 0 Å². The Bertz CT molecular complexity index is 319. The number of nitrogens with two attached hydrogens (primary N) is 2. The monoisotopic (exact) mass is 292 g/mol. The lowest BCUT2D eigenvalue weighted by Crippen LogP contribution is -2.31. The first-order valence-electron chi connectivity index (χ1n) is 6.15. The number of carbonyl (C=O) groups excluding carboxylic acids is 1. The molecule has 8 heteroatoms. The van der Waals surface area contributed by atoms with E-state index in [1.54, 1.807) is 0 Å². The summed E-state index contributed by atoms with van der Waals surface area (Å²) in [5.74, 6) is -2.10. The fraction of sp³-hybridized carbons (Fsp3) is 0.750. The average Bonchev–Trinajstić information content (AvgIpc) is 2.35. The fourth-order valence-electron chi connectivity index (χ4n) is 1.11. The zero-order chi connectivity index (χ0) is 16.3. The second-order valence-electron chi connectivity index (χ2n) is 4.63. The Labute approximate surface area is 118 Å². The molecule has 0 heterocycles. The molecule has 0 bridgehead atoms. The van der Waals surface area contributed by atoms with Gasteiger partial charge in [0.25, 0.3) is 0 Å². The van der Waals surface area contributed by atoms with E-state index >= 15 is 0 Å². The maximum Gasteiger partial charge on any atom is 0.320 e. The van der Waals surface area contributed by atoms with Gasteiger partial charge in [-0.1, -0.05) is 13.8 Å². The topological polar surface area (TPSA) is 153 Å². The van der Waals surface area contributed by atoms with Gasteiger partial charge in [0.15, 0.2) is 0 Å². The summed E-state index contributed by atoms with van der Waals surface area (Å²) >= 11 is 0. The lowest BCUT2D eigenvalue weighted by Gasteiger charge is -2.07. The van der Waals surface area contributed by atoms with Crippen LogP contribution in [0.3, 0.4) is 0 Å². The Balaban J connectivity index is 0. The normalized spacial score (nSPS) is 12.9. The molecule has 0 fully saturated rings. The van der Waals surface area contributed by atoms with Crippen LogP contribution in [0.5, 0.6) is 0 Å². The number of rotatable bonds is 7. The van der Waals surface area contributed by atoms with E-state index in [4.69, 9.17) is 21.7 Å². The Kier molecular flexibility index (Phi) is 11.5. The predicted octanol–water partition coefficient (Wildman–Crippen LogP) is -0.204. The molecule has 0 saturated heterocycles. The second-order valence-corrected chi connectivity index (χ2v) is 4.63. The van der Waals surface area contributed by atoms with Crippen LogP contribution in [0.25, 0.3) is 0 Å². The minimum Gasteiger partial charge on any atom is -0.480 e. The zero-order valence-electron chi connectivity index (χ0n) is 12.0. The molecule has 0 radical (unpaired) electrons. The SMILES string of the molecule is CC(C)C[C@H](N)C(=O)O.COC(=O)CC[C@H](N)C(=O)O. The van der Waals surface area contributed by atoms with E-state index in [0.29, 0.717) is 12.3 Å². The summed E-state index contributed by atoms with van der Waals surface area (Å²) in [7, 11) is 1.24. The van der Waals surface area contributed by atoms with Gasteiger partial charge in [-0.25, -0.2) is 0 Å². The van der Waals surface area contributed by atoms with Gasteiger partial charge in [0.2, 0.25) is 0 Å². The van der Waals surface area contributed by atoms with Gasteiger partial charge in [-0.15, -0.1) is 0 Å². The van der Waals surface area contributed by atoms with Crippen molar-refractivity contribution in [3.8, 4) is 0 Å². The number of hydrogen-bond donors (Lipinski definition) is 4. The van der Waals surface area contributed by atoms with E-state index in [-0.39, 0.29) is 12.8 Å². The van der Waals surface area contributed by atoms with Gasteiger partial charge in [-0.3, -0.25) is 14.4 Å². The summed E-state index contributed by atoms with van der Waals surface area (Å²) in [6.45, 7) is 3.89. The molecule has 0 aliphatic heterocycles. The molecule has 2 atom stereocenters. The quantitative estimate of drug-likeness (QED) is 0.470. The van der Waals surface area contributed by atoms with Gasteiger partial charge in [0.05, 0.1) is 7.11 Å². The first-order valence-corrected chi connectivity index (χ1v) is 6.15. The van der Waals surface area contributed by atoms with Crippen LogP contribution in [-0.2, 0) is 19.1 Å². The number of ether oxygens (including phenoxy) is 1. The summed E-state index contributed by atoms with van der Waals surface area (Å²) in [6.07, 6.45) is 0.710. The van der Waals surface area contributed by atoms with Crippen molar-refractivity contribution in [1.29, 1.82) is 0 Å². The van der Waals surface area contributed by atoms with Gasteiger partial charge >= 0.3 is 17.9 Å². The van der Waals surface area contributed by atoms with Gasteiger partial charge in [-0.2, -0.15) is 0 Å². The molecule has 0 aromatic rings. The van der Waals surface area contributed by atoms with Crippen LogP contribution >= 0.6 is 0 Å². The van der Waals surface area contributed by atoms with Crippen molar-refractivity contribution in [2.75, 3.05) is 7.11 Å². The van der Waals surface area contributed by atoms with Crippen LogP contribution in [0.4, 0.5) is 0 Å². The van der Waals surface area contributed by atoms with Gasteiger partial charge < -0.3 is 26.4 Å². The van der Waals surface area contributed by atoms with E-state index in [9.17, 15) is 14.4 Å². The number of aliphatic carboxylic acids is 2. The highest BCUT2D eigenvalue weighted by Crippen LogP contribution is 2.01. The second kappa shape index (κ2) is 11.2. The Hall–Kier alpha value is -1.67. The highest BCUT2D eigenvalue weighted by atomic mass is 16.5. The van der Waals surface area contributed by atoms with Crippen LogP contribution in [0, 0.1) is 5.92 Å². The molecule has 0 aromatic carbocycles. The van der Waals surface area contributed by atoms with Crippen molar-refractivity contribution in [3.63, 3.8) is 0 Å². The highest BCUT2D eigenvalue weighted by Gasteiger charge is 2.13. The zero-order valence-corrected chi connectivity index (χ0v) is 12.0. The summed E-state index contributed by atoms with van der Waals surface area (Å²) in [4.78, 5) is 30.7. The third-order valence-electron chi connectivity index (χ3n) is 2.25. The molecular weight excluding hydrogens is 268 g/mol. The van der Waals surface area contributed by atoms with Crippen LogP contribution in [0.1, 0.15) is 33.1 Å². The molecule has 8 nitrogen and oxygen atoms in total. The average molecular weight is 292 g/mol. The van der Waals surface area contributed by atoms with E-state index in [1.807, 2.05) is 13.8 Å². The standard InChI is InChI=1S/C6H11NO4.C6H13NO2/c1-11-5(8)3-2-4(7)6(9)10;1-4(2)3-5(7)6(8)9/h4H,2-3,7H2,1H3,(H,9,10);4-5H,3,7H2,1-2H3,(H,8,9)/t4-;5-/m00/s1. The molecule has 0 spiro atoms. The highest BCUT2D eigenvalue weighted by molar-refractivity contribution is 5.75. The number of methoxy groups -OCH3 is 1. The molecule has 0 saturated carbocycles. The van der Waals surface area contributed by atoms with Crippen molar-refractivity contribution < 1.29 is 29.3 Å². The maximum absolute atomic E-state index is 10.5. The van der Waals surface area contributed by atoms with Gasteiger partial charge in [0, 0.05) is 6.42 Å². The molecule has 0 unspecified atom stereocenters. The molecule has 0 aromatic heterocycles. The summed E-state index contributed by atoms with van der Waals surface area (Å²) in [6, 6.07) is -1.67. The summed E-state index contributed by atoms with van der Waals surface area (Å²) in [5.41, 5.74) is 10.3. The molecule has 118 valence electrons. The first kappa shape index (κ1) is 20.6. The van der Waals surface area contributed by atoms with Crippen molar-refractivity contribution in [2.45, 2.75) is 45.2 Å².